The van der Waals surface area contributed by atoms with Gasteiger partial charge in [-0.2, -0.15) is 0 Å². The molecule has 0 radical (unpaired) electrons. The summed E-state index contributed by atoms with van der Waals surface area (Å²) in [6.07, 6.45) is 6.01. The van der Waals surface area contributed by atoms with Crippen molar-refractivity contribution < 1.29 is 9.90 Å². The second kappa shape index (κ2) is 7.77. The molecule has 0 saturated carbocycles. The van der Waals surface area contributed by atoms with Gasteiger partial charge < -0.3 is 15.3 Å². The first kappa shape index (κ1) is 16.2. The predicted molar refractivity (Wildman–Crippen MR) is 91.8 cm³/mol. The highest BCUT2D eigenvalue weighted by atomic mass is 16.3. The van der Waals surface area contributed by atoms with E-state index in [1.54, 1.807) is 30.6 Å². The maximum Gasteiger partial charge on any atom is 0.225 e. The van der Waals surface area contributed by atoms with E-state index < -0.39 is 0 Å². The number of carbonyl (C=O) groups excluding carboxylic acids is 1. The molecule has 24 heavy (non-hydrogen) atoms. The summed E-state index contributed by atoms with van der Waals surface area (Å²) in [7, 11) is 0. The average molecular weight is 326 g/mol. The molecular weight excluding hydrogens is 304 g/mol. The number of rotatable bonds is 5. The van der Waals surface area contributed by atoms with E-state index in [4.69, 9.17) is 0 Å². The third kappa shape index (κ3) is 4.22. The van der Waals surface area contributed by atoms with Crippen LogP contribution in [0.5, 0.6) is 5.75 Å². The highest BCUT2D eigenvalue weighted by Gasteiger charge is 2.26. The zero-order valence-corrected chi connectivity index (χ0v) is 13.6. The Balaban J connectivity index is 1.49. The lowest BCUT2D eigenvalue weighted by Crippen LogP contribution is -2.44. The molecule has 1 fully saturated rings. The molecule has 0 spiro atoms. The quantitative estimate of drug-likeness (QED) is 0.875. The third-order valence-electron chi connectivity index (χ3n) is 4.25. The summed E-state index contributed by atoms with van der Waals surface area (Å²) in [5.74, 6) is 0.988. The fraction of sp³-hybridized carbons (Fsp3) is 0.389. The number of nitrogens with one attached hydrogen (secondary N) is 1. The first-order valence-electron chi connectivity index (χ1n) is 8.30. The van der Waals surface area contributed by atoms with Crippen molar-refractivity contribution in [1.29, 1.82) is 0 Å². The summed E-state index contributed by atoms with van der Waals surface area (Å²) in [6.45, 7) is 2.11. The number of carbonyl (C=O) groups is 1. The molecular formula is C18H22N4O2. The molecule has 0 unspecified atom stereocenters. The Morgan fingerprint density at radius 3 is 2.92 bits per heavy atom. The Bertz CT molecular complexity index is 678. The van der Waals surface area contributed by atoms with Gasteiger partial charge in [-0.05, 0) is 43.0 Å². The highest BCUT2D eigenvalue weighted by Crippen LogP contribution is 2.20. The van der Waals surface area contributed by atoms with Crippen LogP contribution in [0.1, 0.15) is 18.4 Å². The van der Waals surface area contributed by atoms with Crippen molar-refractivity contribution in [2.24, 2.45) is 5.92 Å². The van der Waals surface area contributed by atoms with Crippen LogP contribution in [0.4, 0.5) is 5.95 Å². The largest absolute Gasteiger partial charge is 0.508 e. The molecule has 126 valence electrons. The molecule has 2 N–H and O–H groups in total. The number of nitrogens with zero attached hydrogens (tertiary/aromatic N) is 3. The van der Waals surface area contributed by atoms with Gasteiger partial charge in [-0.25, -0.2) is 9.97 Å². The van der Waals surface area contributed by atoms with Crippen LogP contribution in [0.15, 0.2) is 42.7 Å². The minimum Gasteiger partial charge on any atom is -0.508 e. The topological polar surface area (TPSA) is 78.4 Å². The number of hydrogen-bond donors (Lipinski definition) is 2. The summed E-state index contributed by atoms with van der Waals surface area (Å²) in [5, 5.41) is 12.5. The number of aromatic hydroxyl groups is 1. The number of piperidine rings is 1. The second-order valence-electron chi connectivity index (χ2n) is 6.04. The molecule has 1 aromatic carbocycles. The fourth-order valence-electron chi connectivity index (χ4n) is 3.01. The van der Waals surface area contributed by atoms with Gasteiger partial charge in [-0.3, -0.25) is 4.79 Å². The molecule has 1 aromatic heterocycles. The van der Waals surface area contributed by atoms with Crippen molar-refractivity contribution in [2.75, 3.05) is 24.5 Å². The first-order chi connectivity index (χ1) is 11.7. The Morgan fingerprint density at radius 1 is 1.29 bits per heavy atom. The molecule has 1 aliphatic rings. The van der Waals surface area contributed by atoms with E-state index in [1.807, 2.05) is 12.1 Å². The summed E-state index contributed by atoms with van der Waals surface area (Å²) < 4.78 is 0. The molecule has 1 atom stereocenters. The molecule has 1 amide bonds. The molecule has 1 saturated heterocycles. The predicted octanol–water partition coefficient (Wildman–Crippen LogP) is 1.76. The van der Waals surface area contributed by atoms with Crippen LogP contribution in [0.2, 0.25) is 0 Å². The number of phenolic OH excluding ortho intramolecular Hbond substituents is 1. The van der Waals surface area contributed by atoms with Crippen LogP contribution >= 0.6 is 0 Å². The van der Waals surface area contributed by atoms with Crippen LogP contribution in [-0.4, -0.2) is 40.6 Å². The van der Waals surface area contributed by atoms with Crippen molar-refractivity contribution in [1.82, 2.24) is 15.3 Å². The van der Waals surface area contributed by atoms with E-state index in [1.165, 1.54) is 0 Å². The maximum absolute atomic E-state index is 12.4. The van der Waals surface area contributed by atoms with Gasteiger partial charge >= 0.3 is 0 Å². The lowest BCUT2D eigenvalue weighted by molar-refractivity contribution is -0.125. The van der Waals surface area contributed by atoms with E-state index >= 15 is 0 Å². The van der Waals surface area contributed by atoms with Crippen molar-refractivity contribution in [3.8, 4) is 5.75 Å². The number of hydrogen-bond acceptors (Lipinski definition) is 5. The van der Waals surface area contributed by atoms with Gasteiger partial charge in [-0.1, -0.05) is 12.1 Å². The number of benzene rings is 1. The van der Waals surface area contributed by atoms with Crippen molar-refractivity contribution >= 4 is 11.9 Å². The molecule has 6 heteroatoms. The fourth-order valence-corrected chi connectivity index (χ4v) is 3.01. The van der Waals surface area contributed by atoms with Crippen LogP contribution in [-0.2, 0) is 11.2 Å². The molecule has 1 aliphatic heterocycles. The molecule has 2 aromatic rings. The number of aromatic nitrogens is 2. The standard InChI is InChI=1S/C18H22N4O2/c23-16-6-1-4-14(12-16)7-10-19-17(24)15-5-2-11-22(13-15)18-20-8-3-9-21-18/h1,3-4,6,8-9,12,15,23H,2,5,7,10-11,13H2,(H,19,24)/t15-/m0/s1. The molecule has 6 nitrogen and oxygen atoms in total. The Morgan fingerprint density at radius 2 is 2.12 bits per heavy atom. The smallest absolute Gasteiger partial charge is 0.225 e. The summed E-state index contributed by atoms with van der Waals surface area (Å²) in [5.41, 5.74) is 1.01. The van der Waals surface area contributed by atoms with E-state index in [9.17, 15) is 9.90 Å². The van der Waals surface area contributed by atoms with Gasteiger partial charge in [-0.15, -0.1) is 0 Å². The molecule has 0 bridgehead atoms. The third-order valence-corrected chi connectivity index (χ3v) is 4.25. The van der Waals surface area contributed by atoms with Crippen molar-refractivity contribution in [2.45, 2.75) is 19.3 Å². The first-order valence-corrected chi connectivity index (χ1v) is 8.30. The Kier molecular flexibility index (Phi) is 5.25. The zero-order chi connectivity index (χ0) is 16.8. The van der Waals surface area contributed by atoms with E-state index in [0.29, 0.717) is 25.5 Å². The summed E-state index contributed by atoms with van der Waals surface area (Å²) in [4.78, 5) is 23.0. The van der Waals surface area contributed by atoms with E-state index in [-0.39, 0.29) is 17.6 Å². The SMILES string of the molecule is O=C(NCCc1cccc(O)c1)[C@H]1CCCN(c2ncccn2)C1. The Hall–Kier alpha value is -2.63. The zero-order valence-electron chi connectivity index (χ0n) is 13.6. The van der Waals surface area contributed by atoms with Crippen LogP contribution in [0.3, 0.4) is 0 Å². The van der Waals surface area contributed by atoms with Gasteiger partial charge in [0.15, 0.2) is 0 Å². The lowest BCUT2D eigenvalue weighted by Gasteiger charge is -2.31. The second-order valence-corrected chi connectivity index (χ2v) is 6.04. The summed E-state index contributed by atoms with van der Waals surface area (Å²) in [6, 6.07) is 8.91. The van der Waals surface area contributed by atoms with Crippen LogP contribution < -0.4 is 10.2 Å². The summed E-state index contributed by atoms with van der Waals surface area (Å²) >= 11 is 0. The highest BCUT2D eigenvalue weighted by molar-refractivity contribution is 5.79. The Labute approximate surface area is 141 Å². The monoisotopic (exact) mass is 326 g/mol. The number of phenols is 1. The molecule has 3 rings (SSSR count). The molecule has 0 aliphatic carbocycles. The average Bonchev–Trinajstić information content (AvgIpc) is 2.62. The van der Waals surface area contributed by atoms with Gasteiger partial charge in [0.25, 0.3) is 0 Å². The van der Waals surface area contributed by atoms with Crippen molar-refractivity contribution in [3.05, 3.63) is 48.3 Å². The van der Waals surface area contributed by atoms with Gasteiger partial charge in [0.05, 0.1) is 5.92 Å². The minimum absolute atomic E-state index is 0.0354. The van der Waals surface area contributed by atoms with Crippen molar-refractivity contribution in [3.63, 3.8) is 0 Å². The van der Waals surface area contributed by atoms with Gasteiger partial charge in [0.2, 0.25) is 11.9 Å². The van der Waals surface area contributed by atoms with E-state index in [0.717, 1.165) is 24.9 Å². The normalized spacial score (nSPS) is 17.5. The lowest BCUT2D eigenvalue weighted by atomic mass is 9.97. The van der Waals surface area contributed by atoms with Crippen LogP contribution in [0.25, 0.3) is 0 Å². The molecule has 2 heterocycles. The van der Waals surface area contributed by atoms with Crippen LogP contribution in [0, 0.1) is 5.92 Å². The maximum atomic E-state index is 12.4. The van der Waals surface area contributed by atoms with E-state index in [2.05, 4.69) is 20.2 Å². The van der Waals surface area contributed by atoms with Gasteiger partial charge in [0, 0.05) is 32.0 Å². The number of amides is 1. The number of anilines is 1. The van der Waals surface area contributed by atoms with Gasteiger partial charge in [0.1, 0.15) is 5.75 Å². The minimum atomic E-state index is -0.0354.